The van der Waals surface area contributed by atoms with Crippen LogP contribution in [-0.4, -0.2) is 35.2 Å². The number of nitrogens with zero attached hydrogens (tertiary/aromatic N) is 2. The van der Waals surface area contributed by atoms with E-state index in [1.165, 1.54) is 20.2 Å². The molecule has 0 aromatic heterocycles. The number of benzene rings is 1. The quantitative estimate of drug-likeness (QED) is 0.611. The predicted molar refractivity (Wildman–Crippen MR) is 53.9 cm³/mol. The van der Waals surface area contributed by atoms with Crippen LogP contribution in [0, 0.1) is 10.1 Å². The van der Waals surface area contributed by atoms with E-state index < -0.39 is 22.3 Å². The molecule has 0 aliphatic rings. The van der Waals surface area contributed by atoms with Crippen LogP contribution in [0.3, 0.4) is 0 Å². The Kier molecular flexibility index (Phi) is 3.41. The summed E-state index contributed by atoms with van der Waals surface area (Å²) in [6, 6.07) is 3.33. The van der Waals surface area contributed by atoms with Crippen LogP contribution in [0.2, 0.25) is 0 Å². The van der Waals surface area contributed by atoms with E-state index in [9.17, 15) is 20.0 Å². The first-order valence-electron chi connectivity index (χ1n) is 4.27. The minimum absolute atomic E-state index is 0.104. The van der Waals surface area contributed by atoms with E-state index in [0.29, 0.717) is 0 Å². The third-order valence-electron chi connectivity index (χ3n) is 1.98. The molecule has 16 heavy (non-hydrogen) atoms. The maximum absolute atomic E-state index is 11.5. The van der Waals surface area contributed by atoms with Gasteiger partial charge in [0.05, 0.1) is 12.0 Å². The standard InChI is InChI=1S/C9H10N2O5/c1-10(16-2)9(13)6-3-4-7(11(14)15)8(12)5-6/h3-5,12H,1-2H3. The van der Waals surface area contributed by atoms with E-state index in [2.05, 4.69) is 4.84 Å². The topological polar surface area (TPSA) is 92.9 Å². The fourth-order valence-corrected chi connectivity index (χ4v) is 1.08. The number of phenolic OH excluding ortho intramolecular Hbond substituents is 1. The highest BCUT2D eigenvalue weighted by atomic mass is 16.7. The molecule has 86 valence electrons. The van der Waals surface area contributed by atoms with Gasteiger partial charge in [0.25, 0.3) is 5.91 Å². The maximum Gasteiger partial charge on any atom is 0.310 e. The summed E-state index contributed by atoms with van der Waals surface area (Å²) >= 11 is 0. The van der Waals surface area contributed by atoms with E-state index in [-0.39, 0.29) is 5.56 Å². The van der Waals surface area contributed by atoms with Gasteiger partial charge in [-0.25, -0.2) is 5.06 Å². The van der Waals surface area contributed by atoms with E-state index >= 15 is 0 Å². The van der Waals surface area contributed by atoms with Crippen LogP contribution in [-0.2, 0) is 4.84 Å². The molecule has 0 fully saturated rings. The second-order valence-corrected chi connectivity index (χ2v) is 2.95. The van der Waals surface area contributed by atoms with Crippen LogP contribution in [0.5, 0.6) is 5.75 Å². The molecule has 0 spiro atoms. The monoisotopic (exact) mass is 226 g/mol. The molecule has 1 aromatic rings. The Hall–Kier alpha value is -2.15. The zero-order chi connectivity index (χ0) is 12.3. The van der Waals surface area contributed by atoms with Crippen LogP contribution < -0.4 is 0 Å². The first kappa shape index (κ1) is 11.9. The van der Waals surface area contributed by atoms with Crippen molar-refractivity contribution in [3.63, 3.8) is 0 Å². The van der Waals surface area contributed by atoms with Crippen molar-refractivity contribution in [2.24, 2.45) is 0 Å². The van der Waals surface area contributed by atoms with E-state index in [1.54, 1.807) is 0 Å². The second-order valence-electron chi connectivity index (χ2n) is 2.95. The number of nitro benzene ring substituents is 1. The second kappa shape index (κ2) is 4.58. The van der Waals surface area contributed by atoms with Crippen LogP contribution in [0.1, 0.15) is 10.4 Å². The Balaban J connectivity index is 3.06. The van der Waals surface area contributed by atoms with Crippen molar-refractivity contribution >= 4 is 11.6 Å². The molecule has 1 rings (SSSR count). The number of rotatable bonds is 3. The number of hydroxylamine groups is 2. The fourth-order valence-electron chi connectivity index (χ4n) is 1.08. The Morgan fingerprint density at radius 1 is 1.56 bits per heavy atom. The minimum Gasteiger partial charge on any atom is -0.502 e. The lowest BCUT2D eigenvalue weighted by atomic mass is 10.2. The first-order valence-corrected chi connectivity index (χ1v) is 4.27. The molecule has 0 aliphatic heterocycles. The smallest absolute Gasteiger partial charge is 0.310 e. The van der Waals surface area contributed by atoms with Gasteiger partial charge in [0.1, 0.15) is 0 Å². The zero-order valence-electron chi connectivity index (χ0n) is 8.71. The predicted octanol–water partition coefficient (Wildman–Crippen LogP) is 0.934. The molecule has 7 nitrogen and oxygen atoms in total. The number of nitro groups is 1. The summed E-state index contributed by atoms with van der Waals surface area (Å²) in [4.78, 5) is 25.9. The molecular formula is C9H10N2O5. The third kappa shape index (κ3) is 2.26. The summed E-state index contributed by atoms with van der Waals surface area (Å²) < 4.78 is 0. The molecule has 0 saturated carbocycles. The van der Waals surface area contributed by atoms with Gasteiger partial charge in [-0.1, -0.05) is 0 Å². The number of hydrogen-bond donors (Lipinski definition) is 1. The molecule has 0 atom stereocenters. The SMILES string of the molecule is CON(C)C(=O)c1ccc([N+](=O)[O-])c(O)c1. The van der Waals surface area contributed by atoms with Gasteiger partial charge in [-0.2, -0.15) is 0 Å². The van der Waals surface area contributed by atoms with E-state index in [4.69, 9.17) is 0 Å². The van der Waals surface area contributed by atoms with Gasteiger partial charge in [0.2, 0.25) is 0 Å². The number of carbonyl (C=O) groups is 1. The minimum atomic E-state index is -0.733. The molecule has 0 bridgehead atoms. The van der Waals surface area contributed by atoms with Gasteiger partial charge in [-0.05, 0) is 12.1 Å². The van der Waals surface area contributed by atoms with Gasteiger partial charge < -0.3 is 5.11 Å². The summed E-state index contributed by atoms with van der Waals surface area (Å²) in [5, 5.41) is 20.7. The molecule has 0 radical (unpaired) electrons. The highest BCUT2D eigenvalue weighted by Crippen LogP contribution is 2.26. The van der Waals surface area contributed by atoms with Crippen molar-refractivity contribution in [1.29, 1.82) is 0 Å². The lowest BCUT2D eigenvalue weighted by molar-refractivity contribution is -0.385. The van der Waals surface area contributed by atoms with Crippen molar-refractivity contribution in [2.75, 3.05) is 14.2 Å². The van der Waals surface area contributed by atoms with Gasteiger partial charge in [-0.15, -0.1) is 0 Å². The molecule has 1 N–H and O–H groups in total. The lowest BCUT2D eigenvalue weighted by Crippen LogP contribution is -2.25. The van der Waals surface area contributed by atoms with Crippen molar-refractivity contribution in [1.82, 2.24) is 5.06 Å². The summed E-state index contributed by atoms with van der Waals surface area (Å²) in [5.74, 6) is -1.06. The van der Waals surface area contributed by atoms with Crippen LogP contribution in [0.25, 0.3) is 0 Å². The third-order valence-corrected chi connectivity index (χ3v) is 1.98. The molecule has 0 unspecified atom stereocenters. The van der Waals surface area contributed by atoms with Crippen molar-refractivity contribution in [3.8, 4) is 5.75 Å². The van der Waals surface area contributed by atoms with Gasteiger partial charge >= 0.3 is 5.69 Å². The maximum atomic E-state index is 11.5. The normalized spacial score (nSPS) is 9.88. The Morgan fingerprint density at radius 3 is 2.62 bits per heavy atom. The molecule has 1 aromatic carbocycles. The van der Waals surface area contributed by atoms with E-state index in [0.717, 1.165) is 17.2 Å². The number of phenols is 1. The number of amides is 1. The molecular weight excluding hydrogens is 216 g/mol. The Bertz CT molecular complexity index is 432. The molecule has 0 saturated heterocycles. The van der Waals surface area contributed by atoms with E-state index in [1.807, 2.05) is 0 Å². The molecule has 1 amide bonds. The van der Waals surface area contributed by atoms with Gasteiger partial charge in [0, 0.05) is 18.7 Å². The van der Waals surface area contributed by atoms with Crippen molar-refractivity contribution in [2.45, 2.75) is 0 Å². The van der Waals surface area contributed by atoms with Crippen LogP contribution in [0.15, 0.2) is 18.2 Å². The highest BCUT2D eigenvalue weighted by Gasteiger charge is 2.18. The largest absolute Gasteiger partial charge is 0.502 e. The molecule has 0 aliphatic carbocycles. The Morgan fingerprint density at radius 2 is 2.19 bits per heavy atom. The Labute approximate surface area is 91.0 Å². The number of hydrogen-bond acceptors (Lipinski definition) is 5. The summed E-state index contributed by atoms with van der Waals surface area (Å²) in [6.45, 7) is 0. The summed E-state index contributed by atoms with van der Waals surface area (Å²) in [7, 11) is 2.70. The van der Waals surface area contributed by atoms with Gasteiger partial charge in [0.15, 0.2) is 5.75 Å². The summed E-state index contributed by atoms with van der Waals surface area (Å²) in [6.07, 6.45) is 0. The van der Waals surface area contributed by atoms with Gasteiger partial charge in [-0.3, -0.25) is 19.7 Å². The van der Waals surface area contributed by atoms with Crippen molar-refractivity contribution in [3.05, 3.63) is 33.9 Å². The number of aromatic hydroxyl groups is 1. The van der Waals surface area contributed by atoms with Crippen LogP contribution in [0.4, 0.5) is 5.69 Å². The molecule has 0 heterocycles. The average Bonchev–Trinajstić information content (AvgIpc) is 2.26. The lowest BCUT2D eigenvalue weighted by Gasteiger charge is -2.13. The van der Waals surface area contributed by atoms with Crippen LogP contribution >= 0.6 is 0 Å². The fraction of sp³-hybridized carbons (Fsp3) is 0.222. The molecule has 7 heteroatoms. The first-order chi connectivity index (χ1) is 7.47. The number of carbonyl (C=O) groups excluding carboxylic acids is 1. The van der Waals surface area contributed by atoms with Crippen molar-refractivity contribution < 1.29 is 19.7 Å². The zero-order valence-corrected chi connectivity index (χ0v) is 8.71. The average molecular weight is 226 g/mol. The summed E-state index contributed by atoms with van der Waals surface area (Å²) in [5.41, 5.74) is -0.343. The highest BCUT2D eigenvalue weighted by molar-refractivity contribution is 5.94.